The normalized spacial score (nSPS) is 22.6. The lowest BCUT2D eigenvalue weighted by Gasteiger charge is -2.28. The third kappa shape index (κ3) is 2.50. The molecule has 0 unspecified atom stereocenters. The maximum Gasteiger partial charge on any atom is 0.226 e. The molecule has 4 rings (SSSR count). The summed E-state index contributed by atoms with van der Waals surface area (Å²) in [5, 5.41) is 0. The third-order valence-electron chi connectivity index (χ3n) is 4.88. The van der Waals surface area contributed by atoms with Gasteiger partial charge in [0.25, 0.3) is 0 Å². The number of methoxy groups -OCH3 is 1. The molecule has 1 amide bonds. The molecule has 5 heteroatoms. The molecular weight excluding hydrogens is 290 g/mol. The van der Waals surface area contributed by atoms with Crippen molar-refractivity contribution in [3.05, 3.63) is 47.5 Å². The molecule has 2 aromatic rings. The van der Waals surface area contributed by atoms with Crippen molar-refractivity contribution in [3.8, 4) is 5.75 Å². The summed E-state index contributed by atoms with van der Waals surface area (Å²) in [5.74, 6) is 2.53. The van der Waals surface area contributed by atoms with Crippen LogP contribution in [0, 0.1) is 12.8 Å². The fourth-order valence-corrected chi connectivity index (χ4v) is 3.60. The van der Waals surface area contributed by atoms with Crippen LogP contribution in [0.1, 0.15) is 29.4 Å². The summed E-state index contributed by atoms with van der Waals surface area (Å²) >= 11 is 0. The van der Waals surface area contributed by atoms with Crippen molar-refractivity contribution < 1.29 is 9.53 Å². The van der Waals surface area contributed by atoms with Gasteiger partial charge in [0.1, 0.15) is 11.6 Å². The summed E-state index contributed by atoms with van der Waals surface area (Å²) in [6.07, 6.45) is 2.98. The number of benzene rings is 1. The van der Waals surface area contributed by atoms with E-state index in [2.05, 4.69) is 21.8 Å². The second kappa shape index (κ2) is 5.41. The number of carbonyl (C=O) groups excluding carboxylic acids is 1. The van der Waals surface area contributed by atoms with Gasteiger partial charge in [-0.1, -0.05) is 18.2 Å². The van der Waals surface area contributed by atoms with Crippen molar-refractivity contribution in [3.63, 3.8) is 0 Å². The smallest absolute Gasteiger partial charge is 0.226 e. The molecule has 1 aliphatic heterocycles. The Kier molecular flexibility index (Phi) is 3.36. The maximum absolute atomic E-state index is 12.8. The van der Waals surface area contributed by atoms with Crippen LogP contribution in [0.15, 0.2) is 30.5 Å². The number of aromatic nitrogens is 2. The number of nitrogens with zero attached hydrogens (tertiary/aromatic N) is 3. The Morgan fingerprint density at radius 2 is 2.13 bits per heavy atom. The molecule has 120 valence electrons. The van der Waals surface area contributed by atoms with E-state index in [9.17, 15) is 4.79 Å². The first-order valence-electron chi connectivity index (χ1n) is 8.11. The first-order valence-corrected chi connectivity index (χ1v) is 8.11. The Morgan fingerprint density at radius 1 is 1.30 bits per heavy atom. The molecule has 1 saturated carbocycles. The van der Waals surface area contributed by atoms with E-state index in [1.165, 1.54) is 0 Å². The van der Waals surface area contributed by atoms with E-state index in [1.54, 1.807) is 7.11 Å². The highest BCUT2D eigenvalue weighted by molar-refractivity contribution is 5.83. The van der Waals surface area contributed by atoms with Crippen LogP contribution in [0.4, 0.5) is 0 Å². The van der Waals surface area contributed by atoms with Gasteiger partial charge in [0.05, 0.1) is 19.3 Å². The summed E-state index contributed by atoms with van der Waals surface area (Å²) in [4.78, 5) is 19.3. The number of rotatable bonds is 3. The summed E-state index contributed by atoms with van der Waals surface area (Å²) in [6, 6.07) is 8.02. The number of imidazole rings is 1. The van der Waals surface area contributed by atoms with Gasteiger partial charge in [0.2, 0.25) is 5.91 Å². The van der Waals surface area contributed by atoms with E-state index in [-0.39, 0.29) is 11.8 Å². The summed E-state index contributed by atoms with van der Waals surface area (Å²) in [6.45, 7) is 4.24. The number of aryl methyl sites for hydroxylation is 1. The van der Waals surface area contributed by atoms with Gasteiger partial charge in [-0.15, -0.1) is 0 Å². The van der Waals surface area contributed by atoms with Gasteiger partial charge < -0.3 is 14.2 Å². The van der Waals surface area contributed by atoms with E-state index in [0.717, 1.165) is 42.3 Å². The first-order chi connectivity index (χ1) is 11.2. The highest BCUT2D eigenvalue weighted by atomic mass is 16.5. The average Bonchev–Trinajstić information content (AvgIpc) is 3.27. The SMILES string of the molecule is COc1ccccc1[C@@H]1C[C@H]1C(=O)N1CCn2cc(C)nc2C1. The average molecular weight is 311 g/mol. The van der Waals surface area contributed by atoms with Crippen molar-refractivity contribution in [2.45, 2.75) is 32.4 Å². The Bertz CT molecular complexity index is 752. The van der Waals surface area contributed by atoms with E-state index in [0.29, 0.717) is 12.5 Å². The minimum atomic E-state index is 0.0916. The second-order valence-electron chi connectivity index (χ2n) is 6.44. The zero-order chi connectivity index (χ0) is 16.0. The van der Waals surface area contributed by atoms with Crippen LogP contribution in [0.5, 0.6) is 5.75 Å². The minimum absolute atomic E-state index is 0.0916. The highest BCUT2D eigenvalue weighted by Crippen LogP contribution is 2.51. The lowest BCUT2D eigenvalue weighted by atomic mass is 10.1. The molecule has 5 nitrogen and oxygen atoms in total. The van der Waals surface area contributed by atoms with Gasteiger partial charge in [-0.3, -0.25) is 4.79 Å². The van der Waals surface area contributed by atoms with Crippen LogP contribution >= 0.6 is 0 Å². The van der Waals surface area contributed by atoms with Crippen LogP contribution in [0.2, 0.25) is 0 Å². The molecule has 0 saturated heterocycles. The molecule has 23 heavy (non-hydrogen) atoms. The van der Waals surface area contributed by atoms with Crippen molar-refractivity contribution in [2.24, 2.45) is 5.92 Å². The molecule has 1 fully saturated rings. The number of fused-ring (bicyclic) bond motifs is 1. The van der Waals surface area contributed by atoms with Crippen molar-refractivity contribution in [1.82, 2.24) is 14.5 Å². The first kappa shape index (κ1) is 14.3. The van der Waals surface area contributed by atoms with Gasteiger partial charge in [0.15, 0.2) is 0 Å². The van der Waals surface area contributed by atoms with E-state index < -0.39 is 0 Å². The molecule has 0 spiro atoms. The van der Waals surface area contributed by atoms with Gasteiger partial charge in [-0.2, -0.15) is 0 Å². The van der Waals surface area contributed by atoms with Gasteiger partial charge in [-0.05, 0) is 30.9 Å². The lowest BCUT2D eigenvalue weighted by Crippen LogP contribution is -2.39. The van der Waals surface area contributed by atoms with E-state index in [1.807, 2.05) is 30.0 Å². The molecular formula is C18H21N3O2. The molecule has 1 aromatic carbocycles. The minimum Gasteiger partial charge on any atom is -0.496 e. The number of ether oxygens (including phenoxy) is 1. The quantitative estimate of drug-likeness (QED) is 0.874. The third-order valence-corrected chi connectivity index (χ3v) is 4.88. The monoisotopic (exact) mass is 311 g/mol. The van der Waals surface area contributed by atoms with Crippen LogP contribution in [-0.2, 0) is 17.9 Å². The maximum atomic E-state index is 12.8. The molecule has 0 radical (unpaired) electrons. The van der Waals surface area contributed by atoms with E-state index >= 15 is 0 Å². The fourth-order valence-electron chi connectivity index (χ4n) is 3.60. The summed E-state index contributed by atoms with van der Waals surface area (Å²) < 4.78 is 7.59. The predicted octanol–water partition coefficient (Wildman–Crippen LogP) is 2.35. The number of hydrogen-bond donors (Lipinski definition) is 0. The van der Waals surface area contributed by atoms with Crippen LogP contribution in [-0.4, -0.2) is 34.0 Å². The predicted molar refractivity (Wildman–Crippen MR) is 86.2 cm³/mol. The number of carbonyl (C=O) groups is 1. The Labute approximate surface area is 135 Å². The summed E-state index contributed by atoms with van der Waals surface area (Å²) in [5.41, 5.74) is 2.18. The van der Waals surface area contributed by atoms with Crippen LogP contribution in [0.25, 0.3) is 0 Å². The zero-order valence-corrected chi connectivity index (χ0v) is 13.5. The number of hydrogen-bond acceptors (Lipinski definition) is 3. The van der Waals surface area contributed by atoms with Crippen LogP contribution < -0.4 is 4.74 Å². The Hall–Kier alpha value is -2.30. The van der Waals surface area contributed by atoms with E-state index in [4.69, 9.17) is 4.74 Å². The highest BCUT2D eigenvalue weighted by Gasteiger charge is 2.47. The molecule has 2 aliphatic rings. The largest absolute Gasteiger partial charge is 0.496 e. The Balaban J connectivity index is 1.47. The van der Waals surface area contributed by atoms with Crippen molar-refractivity contribution >= 4 is 5.91 Å². The van der Waals surface area contributed by atoms with Gasteiger partial charge in [-0.25, -0.2) is 4.98 Å². The molecule has 0 bridgehead atoms. The van der Waals surface area contributed by atoms with Crippen molar-refractivity contribution in [1.29, 1.82) is 0 Å². The molecule has 1 aliphatic carbocycles. The van der Waals surface area contributed by atoms with Crippen molar-refractivity contribution in [2.75, 3.05) is 13.7 Å². The standard InChI is InChI=1S/C18H21N3O2/c1-12-10-20-7-8-21(11-17(20)19-12)18(22)15-9-14(15)13-5-3-4-6-16(13)23-2/h3-6,10,14-15H,7-9,11H2,1-2H3/t14-,15+/m0/s1. The molecule has 2 atom stereocenters. The van der Waals surface area contributed by atoms with Crippen LogP contribution in [0.3, 0.4) is 0 Å². The second-order valence-corrected chi connectivity index (χ2v) is 6.44. The Morgan fingerprint density at radius 3 is 2.96 bits per heavy atom. The number of para-hydroxylation sites is 1. The van der Waals surface area contributed by atoms with Gasteiger partial charge in [0, 0.05) is 25.2 Å². The van der Waals surface area contributed by atoms with Gasteiger partial charge >= 0.3 is 0 Å². The molecule has 2 heterocycles. The fraction of sp³-hybridized carbons (Fsp3) is 0.444. The zero-order valence-electron chi connectivity index (χ0n) is 13.5. The topological polar surface area (TPSA) is 47.4 Å². The lowest BCUT2D eigenvalue weighted by molar-refractivity contribution is -0.134. The molecule has 0 N–H and O–H groups in total. The summed E-state index contributed by atoms with van der Waals surface area (Å²) in [7, 11) is 1.69. The molecule has 1 aromatic heterocycles. The number of amides is 1.